The Labute approximate surface area is 121 Å². The standard InChI is InChI=1S/C15H23BN2O2/c1-14(2)15(3,4)20-16(19-14)12(11-17-5)10-13-8-6-7-9-18-13/h6-10,17H,11H2,1-5H3. The van der Waals surface area contributed by atoms with E-state index >= 15 is 0 Å². The molecule has 1 aromatic heterocycles. The van der Waals surface area contributed by atoms with Crippen molar-refractivity contribution in [1.82, 2.24) is 10.3 Å². The second-order valence-corrected chi connectivity index (χ2v) is 6.09. The first kappa shape index (κ1) is 15.2. The molecule has 1 fully saturated rings. The third kappa shape index (κ3) is 3.11. The molecule has 1 N–H and O–H groups in total. The smallest absolute Gasteiger partial charge is 0.400 e. The fourth-order valence-corrected chi connectivity index (χ4v) is 2.05. The number of rotatable bonds is 4. The lowest BCUT2D eigenvalue weighted by Gasteiger charge is -2.32. The molecule has 0 unspecified atom stereocenters. The van der Waals surface area contributed by atoms with Gasteiger partial charge in [0.15, 0.2) is 0 Å². The summed E-state index contributed by atoms with van der Waals surface area (Å²) in [6.07, 6.45) is 3.81. The molecule has 0 aliphatic carbocycles. The van der Waals surface area contributed by atoms with Crippen molar-refractivity contribution in [2.45, 2.75) is 38.9 Å². The molecule has 0 saturated carbocycles. The Morgan fingerprint density at radius 1 is 1.25 bits per heavy atom. The number of aromatic nitrogens is 1. The van der Waals surface area contributed by atoms with E-state index in [1.807, 2.05) is 31.3 Å². The molecule has 2 rings (SSSR count). The average Bonchev–Trinajstić information content (AvgIpc) is 2.59. The molecule has 1 aliphatic rings. The SMILES string of the molecule is CNCC(=Cc1ccccn1)B1OC(C)(C)C(C)(C)O1. The molecule has 1 saturated heterocycles. The minimum atomic E-state index is -0.338. The molecule has 1 aliphatic heterocycles. The summed E-state index contributed by atoms with van der Waals surface area (Å²) in [6.45, 7) is 8.94. The summed E-state index contributed by atoms with van der Waals surface area (Å²) in [5.74, 6) is 0. The molecule has 20 heavy (non-hydrogen) atoms. The topological polar surface area (TPSA) is 43.4 Å². The Balaban J connectivity index is 2.25. The molecule has 0 amide bonds. The molecule has 0 bridgehead atoms. The minimum absolute atomic E-state index is 0.325. The van der Waals surface area contributed by atoms with E-state index in [1.54, 1.807) is 6.20 Å². The zero-order valence-corrected chi connectivity index (χ0v) is 12.9. The highest BCUT2D eigenvalue weighted by Crippen LogP contribution is 2.38. The number of pyridine rings is 1. The van der Waals surface area contributed by atoms with E-state index in [9.17, 15) is 0 Å². The van der Waals surface area contributed by atoms with Crippen molar-refractivity contribution < 1.29 is 9.31 Å². The number of nitrogens with one attached hydrogen (secondary N) is 1. The van der Waals surface area contributed by atoms with Crippen LogP contribution in [-0.2, 0) is 9.31 Å². The maximum absolute atomic E-state index is 6.09. The van der Waals surface area contributed by atoms with E-state index in [1.165, 1.54) is 0 Å². The summed E-state index contributed by atoms with van der Waals surface area (Å²) in [4.78, 5) is 4.33. The van der Waals surface area contributed by atoms with Gasteiger partial charge in [0.25, 0.3) is 0 Å². The molecule has 1 aromatic rings. The average molecular weight is 274 g/mol. The molecule has 0 spiro atoms. The van der Waals surface area contributed by atoms with Crippen LogP contribution in [0.3, 0.4) is 0 Å². The van der Waals surface area contributed by atoms with Crippen molar-refractivity contribution in [3.63, 3.8) is 0 Å². The van der Waals surface area contributed by atoms with Gasteiger partial charge in [-0.05, 0) is 58.4 Å². The van der Waals surface area contributed by atoms with Crippen LogP contribution in [0.25, 0.3) is 6.08 Å². The summed E-state index contributed by atoms with van der Waals surface area (Å²) >= 11 is 0. The molecule has 0 aromatic carbocycles. The molecular formula is C15H23BN2O2. The zero-order chi connectivity index (χ0) is 14.8. The molecule has 108 valence electrons. The maximum atomic E-state index is 6.09. The predicted molar refractivity (Wildman–Crippen MR) is 82.2 cm³/mol. The van der Waals surface area contributed by atoms with Gasteiger partial charge in [-0.1, -0.05) is 6.07 Å². The largest absolute Gasteiger partial charge is 0.491 e. The van der Waals surface area contributed by atoms with E-state index in [0.717, 1.165) is 11.2 Å². The van der Waals surface area contributed by atoms with Gasteiger partial charge in [0, 0.05) is 12.7 Å². The summed E-state index contributed by atoms with van der Waals surface area (Å²) in [5.41, 5.74) is 1.31. The van der Waals surface area contributed by atoms with Gasteiger partial charge in [0.05, 0.1) is 16.9 Å². The minimum Gasteiger partial charge on any atom is -0.400 e. The van der Waals surface area contributed by atoms with Crippen LogP contribution in [0, 0.1) is 0 Å². The summed E-state index contributed by atoms with van der Waals surface area (Å²) in [5, 5.41) is 3.16. The predicted octanol–water partition coefficient (Wildman–Crippen LogP) is 2.32. The van der Waals surface area contributed by atoms with Gasteiger partial charge in [-0.15, -0.1) is 0 Å². The van der Waals surface area contributed by atoms with Crippen molar-refractivity contribution in [3.8, 4) is 0 Å². The molecule has 0 atom stereocenters. The molecule has 0 radical (unpaired) electrons. The van der Waals surface area contributed by atoms with E-state index < -0.39 is 0 Å². The van der Waals surface area contributed by atoms with Crippen LogP contribution in [0.5, 0.6) is 0 Å². The first-order valence-corrected chi connectivity index (χ1v) is 6.97. The Bertz CT molecular complexity index is 470. The van der Waals surface area contributed by atoms with Gasteiger partial charge < -0.3 is 14.6 Å². The van der Waals surface area contributed by atoms with Crippen molar-refractivity contribution in [2.24, 2.45) is 0 Å². The van der Waals surface area contributed by atoms with Gasteiger partial charge in [-0.3, -0.25) is 4.98 Å². The highest BCUT2D eigenvalue weighted by Gasteiger charge is 2.52. The van der Waals surface area contributed by atoms with Crippen molar-refractivity contribution in [3.05, 3.63) is 35.6 Å². The number of nitrogens with zero attached hydrogens (tertiary/aromatic N) is 1. The van der Waals surface area contributed by atoms with Gasteiger partial charge in [0.1, 0.15) is 0 Å². The van der Waals surface area contributed by atoms with Crippen molar-refractivity contribution in [1.29, 1.82) is 0 Å². The van der Waals surface area contributed by atoms with Gasteiger partial charge in [0.2, 0.25) is 0 Å². The van der Waals surface area contributed by atoms with Crippen molar-refractivity contribution >= 4 is 13.2 Å². The van der Waals surface area contributed by atoms with Crippen LogP contribution >= 0.6 is 0 Å². The Morgan fingerprint density at radius 2 is 1.90 bits per heavy atom. The molecule has 5 heteroatoms. The van der Waals surface area contributed by atoms with Crippen LogP contribution in [0.1, 0.15) is 33.4 Å². The fourth-order valence-electron chi connectivity index (χ4n) is 2.05. The second-order valence-electron chi connectivity index (χ2n) is 6.09. The van der Waals surface area contributed by atoms with Gasteiger partial charge in [-0.2, -0.15) is 0 Å². The number of hydrogen-bond acceptors (Lipinski definition) is 4. The summed E-state index contributed by atoms with van der Waals surface area (Å²) in [7, 11) is 1.58. The van der Waals surface area contributed by atoms with Crippen LogP contribution in [0.2, 0.25) is 0 Å². The fraction of sp³-hybridized carbons (Fsp3) is 0.533. The van der Waals surface area contributed by atoms with Gasteiger partial charge in [-0.25, -0.2) is 0 Å². The lowest BCUT2D eigenvalue weighted by atomic mass is 9.77. The van der Waals surface area contributed by atoms with Gasteiger partial charge >= 0.3 is 7.12 Å². The molecular weight excluding hydrogens is 251 g/mol. The highest BCUT2D eigenvalue weighted by molar-refractivity contribution is 6.55. The monoisotopic (exact) mass is 274 g/mol. The van der Waals surface area contributed by atoms with Crippen molar-refractivity contribution in [2.75, 3.05) is 13.6 Å². The quantitative estimate of drug-likeness (QED) is 0.856. The van der Waals surface area contributed by atoms with Crippen LogP contribution < -0.4 is 5.32 Å². The number of likely N-dealkylation sites (N-methyl/N-ethyl adjacent to an activating group) is 1. The Kier molecular flexibility index (Phi) is 4.32. The molecule has 2 heterocycles. The Hall–Kier alpha value is -1.17. The first-order valence-electron chi connectivity index (χ1n) is 6.97. The van der Waals surface area contributed by atoms with E-state index in [4.69, 9.17) is 9.31 Å². The summed E-state index contributed by atoms with van der Waals surface area (Å²) in [6, 6.07) is 5.85. The third-order valence-electron chi connectivity index (χ3n) is 3.96. The highest BCUT2D eigenvalue weighted by atomic mass is 16.7. The van der Waals surface area contributed by atoms with Crippen LogP contribution in [0.15, 0.2) is 29.9 Å². The maximum Gasteiger partial charge on any atom is 0.491 e. The van der Waals surface area contributed by atoms with E-state index in [0.29, 0.717) is 6.54 Å². The van der Waals surface area contributed by atoms with E-state index in [-0.39, 0.29) is 18.3 Å². The van der Waals surface area contributed by atoms with E-state index in [2.05, 4.69) is 38.0 Å². The normalized spacial score (nSPS) is 21.2. The lowest BCUT2D eigenvalue weighted by molar-refractivity contribution is 0.00578. The Morgan fingerprint density at radius 3 is 2.40 bits per heavy atom. The van der Waals surface area contributed by atoms with Crippen LogP contribution in [0.4, 0.5) is 0 Å². The zero-order valence-electron chi connectivity index (χ0n) is 12.9. The lowest BCUT2D eigenvalue weighted by Crippen LogP contribution is -2.41. The first-order chi connectivity index (χ1) is 9.36. The van der Waals surface area contributed by atoms with Crippen LogP contribution in [-0.4, -0.2) is 36.9 Å². The third-order valence-corrected chi connectivity index (χ3v) is 3.96. The summed E-state index contributed by atoms with van der Waals surface area (Å²) < 4.78 is 12.2. The molecule has 4 nitrogen and oxygen atoms in total. The second kappa shape index (κ2) is 5.68. The number of hydrogen-bond donors (Lipinski definition) is 1.